The first kappa shape index (κ1) is 30.8. The van der Waals surface area contributed by atoms with E-state index < -0.39 is 0 Å². The van der Waals surface area contributed by atoms with Crippen LogP contribution in [0.2, 0.25) is 0 Å². The average Bonchev–Trinajstić information content (AvgIpc) is 3.73. The predicted molar refractivity (Wildman–Crippen MR) is 223 cm³/mol. The summed E-state index contributed by atoms with van der Waals surface area (Å²) in [6.07, 6.45) is 6.02. The van der Waals surface area contributed by atoms with Gasteiger partial charge in [-0.15, -0.1) is 0 Å². The highest BCUT2D eigenvalue weighted by Gasteiger charge is 2.21. The van der Waals surface area contributed by atoms with Gasteiger partial charge in [0, 0.05) is 38.2 Å². The summed E-state index contributed by atoms with van der Waals surface area (Å²) in [4.78, 5) is 10.5. The molecule has 4 heteroatoms. The maximum atomic E-state index is 5.31. The quantitative estimate of drug-likeness (QED) is 0.164. The van der Waals surface area contributed by atoms with Gasteiger partial charge in [0.15, 0.2) is 0 Å². The maximum absolute atomic E-state index is 5.31. The van der Waals surface area contributed by atoms with Crippen LogP contribution in [0.5, 0.6) is 0 Å². The van der Waals surface area contributed by atoms with Crippen molar-refractivity contribution in [1.82, 2.24) is 19.1 Å². The van der Waals surface area contributed by atoms with E-state index in [-0.39, 0.29) is 0 Å². The number of para-hydroxylation sites is 3. The van der Waals surface area contributed by atoms with E-state index in [1.807, 2.05) is 24.3 Å². The molecule has 3 heterocycles. The summed E-state index contributed by atoms with van der Waals surface area (Å²) in [6, 6.07) is 56.1. The third-order valence-electron chi connectivity index (χ3n) is 10.4. The molecular formula is C49H34N4. The molecule has 0 aliphatic carbocycles. The van der Waals surface area contributed by atoms with E-state index in [1.165, 1.54) is 38.3 Å². The fourth-order valence-electron chi connectivity index (χ4n) is 8.00. The van der Waals surface area contributed by atoms with Gasteiger partial charge in [0.25, 0.3) is 0 Å². The summed E-state index contributed by atoms with van der Waals surface area (Å²) in [5.41, 5.74) is 13.2. The van der Waals surface area contributed by atoms with Crippen LogP contribution in [0.4, 0.5) is 0 Å². The van der Waals surface area contributed by atoms with Crippen LogP contribution in [0.25, 0.3) is 94.6 Å². The Morgan fingerprint density at radius 2 is 1.13 bits per heavy atom. The number of hydrogen-bond donors (Lipinski definition) is 0. The topological polar surface area (TPSA) is 35.6 Å². The standard InChI is InChI=1S/C49H34N4/c1-3-4-19-37-32(2)24-27-46-47(37)41-31-35(34-25-28-44-40(30-34)38-20-12-14-23-43(38)52(44)36-17-9-6-10-18-36)26-29-45(41)53(46)49-50-42-22-13-11-21-39(42)48(51-49)33-15-7-5-8-16-33/h3-31H,1H2,2H3/b19-4-. The lowest BCUT2D eigenvalue weighted by Crippen LogP contribution is -2.03. The molecule has 0 saturated carbocycles. The smallest absolute Gasteiger partial charge is 0.235 e. The summed E-state index contributed by atoms with van der Waals surface area (Å²) in [5.74, 6) is 0.646. The molecule has 10 aromatic rings. The van der Waals surface area contributed by atoms with E-state index in [1.54, 1.807) is 0 Å². The second kappa shape index (κ2) is 12.3. The molecule has 0 fully saturated rings. The third-order valence-corrected chi connectivity index (χ3v) is 10.4. The van der Waals surface area contributed by atoms with Crippen molar-refractivity contribution in [2.75, 3.05) is 0 Å². The molecule has 4 nitrogen and oxygen atoms in total. The Labute approximate surface area is 307 Å². The maximum Gasteiger partial charge on any atom is 0.235 e. The monoisotopic (exact) mass is 678 g/mol. The van der Waals surface area contributed by atoms with Gasteiger partial charge in [-0.25, -0.2) is 9.97 Å². The fourth-order valence-corrected chi connectivity index (χ4v) is 8.00. The lowest BCUT2D eigenvalue weighted by Gasteiger charge is -2.12. The van der Waals surface area contributed by atoms with E-state index in [4.69, 9.17) is 9.97 Å². The van der Waals surface area contributed by atoms with E-state index in [2.05, 4.69) is 174 Å². The van der Waals surface area contributed by atoms with Crippen molar-refractivity contribution in [2.45, 2.75) is 6.92 Å². The zero-order chi connectivity index (χ0) is 35.5. The van der Waals surface area contributed by atoms with E-state index in [0.717, 1.165) is 55.4 Å². The molecule has 0 N–H and O–H groups in total. The number of aryl methyl sites for hydroxylation is 1. The van der Waals surface area contributed by atoms with Crippen LogP contribution in [0.1, 0.15) is 11.1 Å². The summed E-state index contributed by atoms with van der Waals surface area (Å²) >= 11 is 0. The molecule has 250 valence electrons. The molecule has 0 unspecified atom stereocenters. The Morgan fingerprint density at radius 1 is 0.509 bits per heavy atom. The van der Waals surface area contributed by atoms with Crippen molar-refractivity contribution in [2.24, 2.45) is 0 Å². The van der Waals surface area contributed by atoms with Gasteiger partial charge in [-0.3, -0.25) is 4.57 Å². The number of hydrogen-bond acceptors (Lipinski definition) is 2. The van der Waals surface area contributed by atoms with Crippen molar-refractivity contribution in [3.63, 3.8) is 0 Å². The van der Waals surface area contributed by atoms with Crippen LogP contribution >= 0.6 is 0 Å². The molecule has 3 aromatic heterocycles. The van der Waals surface area contributed by atoms with Gasteiger partial charge in [-0.05, 0) is 83.8 Å². The van der Waals surface area contributed by atoms with Crippen LogP contribution in [0.3, 0.4) is 0 Å². The Kier molecular flexibility index (Phi) is 7.15. The van der Waals surface area contributed by atoms with Gasteiger partial charge in [-0.1, -0.05) is 128 Å². The Bertz CT molecular complexity index is 3070. The van der Waals surface area contributed by atoms with Crippen molar-refractivity contribution in [3.05, 3.63) is 188 Å². The van der Waals surface area contributed by atoms with Crippen LogP contribution in [0.15, 0.2) is 176 Å². The summed E-state index contributed by atoms with van der Waals surface area (Å²) in [7, 11) is 0. The van der Waals surface area contributed by atoms with Crippen LogP contribution < -0.4 is 0 Å². The van der Waals surface area contributed by atoms with Crippen molar-refractivity contribution < 1.29 is 0 Å². The first-order valence-corrected chi connectivity index (χ1v) is 18.0. The molecule has 0 bridgehead atoms. The van der Waals surface area contributed by atoms with Gasteiger partial charge in [-0.2, -0.15) is 0 Å². The molecule has 10 rings (SSSR count). The van der Waals surface area contributed by atoms with Crippen LogP contribution in [-0.4, -0.2) is 19.1 Å². The molecule has 0 aliphatic rings. The fraction of sp³-hybridized carbons (Fsp3) is 0.0204. The number of aromatic nitrogens is 4. The first-order chi connectivity index (χ1) is 26.2. The van der Waals surface area contributed by atoms with Gasteiger partial charge in [0.05, 0.1) is 33.3 Å². The molecule has 0 saturated heterocycles. The van der Waals surface area contributed by atoms with Gasteiger partial charge >= 0.3 is 0 Å². The highest BCUT2D eigenvalue weighted by molar-refractivity contribution is 6.15. The zero-order valence-electron chi connectivity index (χ0n) is 29.2. The normalized spacial score (nSPS) is 11.9. The highest BCUT2D eigenvalue weighted by Crippen LogP contribution is 2.40. The van der Waals surface area contributed by atoms with Crippen LogP contribution in [0, 0.1) is 6.92 Å². The van der Waals surface area contributed by atoms with Crippen molar-refractivity contribution in [1.29, 1.82) is 0 Å². The number of allylic oxidation sites excluding steroid dienone is 2. The Balaban J connectivity index is 1.24. The lowest BCUT2D eigenvalue weighted by molar-refractivity contribution is 1.01. The van der Waals surface area contributed by atoms with Gasteiger partial charge in [0.1, 0.15) is 0 Å². The molecule has 53 heavy (non-hydrogen) atoms. The average molecular weight is 679 g/mol. The lowest BCUT2D eigenvalue weighted by atomic mass is 9.97. The second-order valence-corrected chi connectivity index (χ2v) is 13.5. The largest absolute Gasteiger partial charge is 0.309 e. The highest BCUT2D eigenvalue weighted by atomic mass is 15.2. The van der Waals surface area contributed by atoms with Gasteiger partial charge < -0.3 is 4.57 Å². The Hall–Kier alpha value is -7.04. The minimum absolute atomic E-state index is 0.646. The first-order valence-electron chi connectivity index (χ1n) is 18.0. The van der Waals surface area contributed by atoms with E-state index >= 15 is 0 Å². The molecule has 0 atom stereocenters. The number of nitrogens with zero attached hydrogens (tertiary/aromatic N) is 4. The molecule has 0 radical (unpaired) electrons. The number of fused-ring (bicyclic) bond motifs is 7. The molecule has 0 aliphatic heterocycles. The third kappa shape index (κ3) is 4.91. The van der Waals surface area contributed by atoms with E-state index in [9.17, 15) is 0 Å². The summed E-state index contributed by atoms with van der Waals surface area (Å²) in [6.45, 7) is 6.15. The minimum atomic E-state index is 0.646. The second-order valence-electron chi connectivity index (χ2n) is 13.5. The molecular weight excluding hydrogens is 645 g/mol. The molecule has 0 spiro atoms. The predicted octanol–water partition coefficient (Wildman–Crippen LogP) is 12.7. The van der Waals surface area contributed by atoms with Gasteiger partial charge in [0.2, 0.25) is 5.95 Å². The molecule has 7 aromatic carbocycles. The molecule has 0 amide bonds. The van der Waals surface area contributed by atoms with Crippen LogP contribution in [-0.2, 0) is 0 Å². The van der Waals surface area contributed by atoms with Crippen molar-refractivity contribution in [3.8, 4) is 34.0 Å². The number of benzene rings is 7. The minimum Gasteiger partial charge on any atom is -0.309 e. The van der Waals surface area contributed by atoms with E-state index in [0.29, 0.717) is 5.95 Å². The summed E-state index contributed by atoms with van der Waals surface area (Å²) < 4.78 is 4.59. The SMILES string of the molecule is C=C/C=C\c1c(C)ccc2c1c1cc(-c3ccc4c(c3)c3ccccc3n4-c3ccccc3)ccc1n2-c1nc(-c2ccccc2)c2ccccc2n1. The number of rotatable bonds is 6. The Morgan fingerprint density at radius 3 is 1.91 bits per heavy atom. The summed E-state index contributed by atoms with van der Waals surface area (Å²) in [5, 5.41) is 5.81. The zero-order valence-corrected chi connectivity index (χ0v) is 29.2. The van der Waals surface area contributed by atoms with Crippen molar-refractivity contribution >= 4 is 60.6 Å².